The number of thioether (sulfide) groups is 1. The number of rotatable bonds is 6. The van der Waals surface area contributed by atoms with Gasteiger partial charge in [0.1, 0.15) is 0 Å². The molecule has 1 aliphatic heterocycles. The Bertz CT molecular complexity index is 839. The van der Waals surface area contributed by atoms with E-state index in [0.29, 0.717) is 29.2 Å². The van der Waals surface area contributed by atoms with Crippen LogP contribution in [-0.4, -0.2) is 64.9 Å². The Morgan fingerprint density at radius 2 is 2.04 bits per heavy atom. The van der Waals surface area contributed by atoms with E-state index in [1.165, 1.54) is 11.8 Å². The van der Waals surface area contributed by atoms with E-state index in [1.54, 1.807) is 19.2 Å². The summed E-state index contributed by atoms with van der Waals surface area (Å²) < 4.78 is 30.4. The molecule has 0 saturated carbocycles. The lowest BCUT2D eigenvalue weighted by atomic mass is 10.2. The van der Waals surface area contributed by atoms with Gasteiger partial charge in [0, 0.05) is 17.7 Å². The van der Waals surface area contributed by atoms with E-state index < -0.39 is 21.2 Å². The Hall–Kier alpha value is -1.13. The summed E-state index contributed by atoms with van der Waals surface area (Å²) in [5.41, 5.74) is 0.847. The predicted molar refractivity (Wildman–Crippen MR) is 96.6 cm³/mol. The maximum atomic E-state index is 11.7. The molecule has 1 aromatic carbocycles. The van der Waals surface area contributed by atoms with Crippen LogP contribution in [-0.2, 0) is 21.1 Å². The van der Waals surface area contributed by atoms with Crippen LogP contribution in [0.1, 0.15) is 0 Å². The molecule has 2 aromatic rings. The molecule has 1 N–H and O–H groups in total. The van der Waals surface area contributed by atoms with Crippen molar-refractivity contribution in [1.82, 2.24) is 14.8 Å². The minimum atomic E-state index is -3.21. The number of methoxy groups -OCH3 is 1. The Kier molecular flexibility index (Phi) is 5.69. The van der Waals surface area contributed by atoms with Crippen molar-refractivity contribution in [3.63, 3.8) is 0 Å². The lowest BCUT2D eigenvalue weighted by Gasteiger charge is -2.14. The molecule has 136 valence electrons. The summed E-state index contributed by atoms with van der Waals surface area (Å²) in [4.78, 5) is 0. The molecule has 0 aliphatic carbocycles. The number of benzene rings is 1. The highest BCUT2D eigenvalue weighted by Gasteiger charge is 2.38. The molecule has 1 fully saturated rings. The monoisotopic (exact) mass is 403 g/mol. The molecule has 7 nitrogen and oxygen atoms in total. The minimum absolute atomic E-state index is 0.0632. The lowest BCUT2D eigenvalue weighted by molar-refractivity contribution is 0.185. The quantitative estimate of drug-likeness (QED) is 0.780. The number of sulfone groups is 1. The van der Waals surface area contributed by atoms with Crippen LogP contribution in [0.3, 0.4) is 0 Å². The molecule has 1 saturated heterocycles. The topological polar surface area (TPSA) is 94.3 Å². The average Bonchev–Trinajstić information content (AvgIpc) is 3.06. The van der Waals surface area contributed by atoms with Crippen LogP contribution >= 0.6 is 23.4 Å². The fourth-order valence-corrected chi connectivity index (χ4v) is 6.29. The molecule has 0 radical (unpaired) electrons. The summed E-state index contributed by atoms with van der Waals surface area (Å²) in [7, 11) is -1.61. The molecule has 1 aromatic heterocycles. The summed E-state index contributed by atoms with van der Waals surface area (Å²) >= 11 is 7.17. The van der Waals surface area contributed by atoms with E-state index in [9.17, 15) is 13.5 Å². The molecule has 25 heavy (non-hydrogen) atoms. The van der Waals surface area contributed by atoms with Crippen molar-refractivity contribution in [1.29, 1.82) is 0 Å². The Labute approximate surface area is 155 Å². The molecule has 2 heterocycles. The number of aliphatic hydroxyl groups excluding tert-OH is 1. The van der Waals surface area contributed by atoms with E-state index in [4.69, 9.17) is 16.3 Å². The zero-order chi connectivity index (χ0) is 18.0. The largest absolute Gasteiger partial charge is 0.391 e. The summed E-state index contributed by atoms with van der Waals surface area (Å²) in [5, 5.41) is 19.2. The molecule has 0 spiro atoms. The first kappa shape index (κ1) is 18.7. The van der Waals surface area contributed by atoms with Gasteiger partial charge in [-0.1, -0.05) is 23.4 Å². The van der Waals surface area contributed by atoms with Crippen LogP contribution in [0.25, 0.3) is 11.4 Å². The summed E-state index contributed by atoms with van der Waals surface area (Å²) in [5.74, 6) is 0.374. The third-order valence-corrected chi connectivity index (χ3v) is 7.34. The van der Waals surface area contributed by atoms with Gasteiger partial charge in [-0.25, -0.2) is 8.42 Å². The van der Waals surface area contributed by atoms with Crippen molar-refractivity contribution >= 4 is 33.2 Å². The number of nitrogens with zero attached hydrogens (tertiary/aromatic N) is 3. The first-order valence-corrected chi connectivity index (χ1v) is 10.7. The number of aliphatic hydroxyl groups is 1. The fraction of sp³-hybridized carbons (Fsp3) is 0.467. The SMILES string of the molecule is COCCn1c(S[C@H]2CS(=O)(=O)C[C@@H]2O)nnc1-c1ccc(Cl)cc1. The van der Waals surface area contributed by atoms with Gasteiger partial charge in [-0.2, -0.15) is 0 Å². The molecule has 2 atom stereocenters. The first-order chi connectivity index (χ1) is 11.9. The van der Waals surface area contributed by atoms with Crippen molar-refractivity contribution in [2.45, 2.75) is 23.1 Å². The number of halogens is 1. The van der Waals surface area contributed by atoms with Crippen molar-refractivity contribution in [3.8, 4) is 11.4 Å². The lowest BCUT2D eigenvalue weighted by Crippen LogP contribution is -2.21. The maximum absolute atomic E-state index is 11.7. The average molecular weight is 404 g/mol. The van der Waals surface area contributed by atoms with Gasteiger partial charge in [0.05, 0.1) is 36.0 Å². The number of aromatic nitrogens is 3. The Morgan fingerprint density at radius 1 is 1.32 bits per heavy atom. The van der Waals surface area contributed by atoms with Crippen molar-refractivity contribution < 1.29 is 18.3 Å². The van der Waals surface area contributed by atoms with Crippen molar-refractivity contribution in [3.05, 3.63) is 29.3 Å². The number of ether oxygens (including phenoxy) is 1. The second-order valence-electron chi connectivity index (χ2n) is 5.76. The van der Waals surface area contributed by atoms with Crippen LogP contribution in [0.2, 0.25) is 5.02 Å². The third-order valence-electron chi connectivity index (χ3n) is 3.87. The second kappa shape index (κ2) is 7.63. The molecular formula is C15H18ClN3O4S2. The molecule has 0 unspecified atom stereocenters. The van der Waals surface area contributed by atoms with Gasteiger partial charge in [0.25, 0.3) is 0 Å². The Morgan fingerprint density at radius 3 is 2.64 bits per heavy atom. The predicted octanol–water partition coefficient (Wildman–Crippen LogP) is 1.49. The van der Waals surface area contributed by atoms with Crippen LogP contribution in [0.4, 0.5) is 0 Å². The van der Waals surface area contributed by atoms with Gasteiger partial charge in [-0.05, 0) is 24.3 Å². The van der Waals surface area contributed by atoms with Crippen LogP contribution < -0.4 is 0 Å². The minimum Gasteiger partial charge on any atom is -0.391 e. The molecule has 0 bridgehead atoms. The summed E-state index contributed by atoms with van der Waals surface area (Å²) in [6.45, 7) is 0.969. The smallest absolute Gasteiger partial charge is 0.191 e. The van der Waals surface area contributed by atoms with Crippen molar-refractivity contribution in [2.75, 3.05) is 25.2 Å². The van der Waals surface area contributed by atoms with E-state index in [-0.39, 0.29) is 11.5 Å². The zero-order valence-corrected chi connectivity index (χ0v) is 15.9. The highest BCUT2D eigenvalue weighted by Crippen LogP contribution is 2.32. The van der Waals surface area contributed by atoms with Crippen LogP contribution in [0.5, 0.6) is 0 Å². The van der Waals surface area contributed by atoms with Gasteiger partial charge in [-0.15, -0.1) is 10.2 Å². The fourth-order valence-electron chi connectivity index (χ4n) is 2.62. The molecular weight excluding hydrogens is 386 g/mol. The Balaban J connectivity index is 1.90. The highest BCUT2D eigenvalue weighted by molar-refractivity contribution is 8.01. The maximum Gasteiger partial charge on any atom is 0.191 e. The van der Waals surface area contributed by atoms with Gasteiger partial charge in [-0.3, -0.25) is 4.57 Å². The molecule has 10 heteroatoms. The standard InChI is InChI=1S/C15H18ClN3O4S2/c1-23-7-6-19-14(10-2-4-11(16)5-3-10)17-18-15(19)24-13-9-25(21,22)8-12(13)20/h2-5,12-13,20H,6-9H2,1H3/t12-,13-/m0/s1. The third kappa shape index (κ3) is 4.35. The van der Waals surface area contributed by atoms with Crippen LogP contribution in [0.15, 0.2) is 29.4 Å². The van der Waals surface area contributed by atoms with E-state index in [0.717, 1.165) is 5.56 Å². The number of hydrogen-bond donors (Lipinski definition) is 1. The zero-order valence-electron chi connectivity index (χ0n) is 13.5. The molecule has 3 rings (SSSR count). The van der Waals surface area contributed by atoms with Gasteiger partial charge >= 0.3 is 0 Å². The normalized spacial score (nSPS) is 22.4. The van der Waals surface area contributed by atoms with Crippen molar-refractivity contribution in [2.24, 2.45) is 0 Å². The van der Waals surface area contributed by atoms with E-state index in [1.807, 2.05) is 16.7 Å². The summed E-state index contributed by atoms with van der Waals surface area (Å²) in [6, 6.07) is 7.23. The summed E-state index contributed by atoms with van der Waals surface area (Å²) in [6.07, 6.45) is -0.901. The van der Waals surface area contributed by atoms with Gasteiger partial charge < -0.3 is 9.84 Å². The first-order valence-electron chi connectivity index (χ1n) is 7.63. The van der Waals surface area contributed by atoms with Crippen LogP contribution in [0, 0.1) is 0 Å². The van der Waals surface area contributed by atoms with Gasteiger partial charge in [0.15, 0.2) is 20.8 Å². The van der Waals surface area contributed by atoms with Gasteiger partial charge in [0.2, 0.25) is 0 Å². The molecule has 1 aliphatic rings. The second-order valence-corrected chi connectivity index (χ2v) is 9.55. The van der Waals surface area contributed by atoms with E-state index >= 15 is 0 Å². The number of hydrogen-bond acceptors (Lipinski definition) is 7. The molecule has 0 amide bonds. The highest BCUT2D eigenvalue weighted by atomic mass is 35.5. The van der Waals surface area contributed by atoms with E-state index in [2.05, 4.69) is 10.2 Å².